The summed E-state index contributed by atoms with van der Waals surface area (Å²) in [5.74, 6) is -0.0737. The van der Waals surface area contributed by atoms with Gasteiger partial charge >= 0.3 is 0 Å². The van der Waals surface area contributed by atoms with Gasteiger partial charge in [-0.2, -0.15) is 10.2 Å². The van der Waals surface area contributed by atoms with Crippen LogP contribution < -0.4 is 5.32 Å². The minimum absolute atomic E-state index is 0.195. The Morgan fingerprint density at radius 2 is 2.17 bits per heavy atom. The first-order valence-electron chi connectivity index (χ1n) is 7.55. The normalized spacial score (nSPS) is 14.5. The summed E-state index contributed by atoms with van der Waals surface area (Å²) in [6.45, 7) is 1.97. The van der Waals surface area contributed by atoms with E-state index in [0.29, 0.717) is 12.2 Å². The number of carbonyl (C=O) groups is 1. The van der Waals surface area contributed by atoms with Crippen LogP contribution in [0.2, 0.25) is 0 Å². The number of alkyl halides is 2. The van der Waals surface area contributed by atoms with Gasteiger partial charge in [0.25, 0.3) is 6.43 Å². The monoisotopic (exact) mass is 323 g/mol. The minimum Gasteiger partial charge on any atom is -0.350 e. The predicted octanol–water partition coefficient (Wildman–Crippen LogP) is 2.06. The van der Waals surface area contributed by atoms with E-state index in [9.17, 15) is 13.6 Å². The van der Waals surface area contributed by atoms with Crippen molar-refractivity contribution in [2.45, 2.75) is 45.2 Å². The van der Waals surface area contributed by atoms with Crippen LogP contribution in [0.15, 0.2) is 12.3 Å². The molecular weight excluding hydrogens is 304 g/mol. The fourth-order valence-electron chi connectivity index (χ4n) is 2.54. The molecule has 2 aromatic rings. The largest absolute Gasteiger partial charge is 0.350 e. The van der Waals surface area contributed by atoms with Crippen molar-refractivity contribution < 1.29 is 13.6 Å². The Bertz CT molecular complexity index is 718. The first-order chi connectivity index (χ1) is 10.9. The van der Waals surface area contributed by atoms with E-state index in [2.05, 4.69) is 15.5 Å². The lowest BCUT2D eigenvalue weighted by molar-refractivity contribution is -0.122. The maximum Gasteiger partial charge on any atom is 0.280 e. The summed E-state index contributed by atoms with van der Waals surface area (Å²) < 4.78 is 28.9. The third kappa shape index (κ3) is 3.57. The smallest absolute Gasteiger partial charge is 0.280 e. The molecule has 1 amide bonds. The number of amides is 1. The average molecular weight is 323 g/mol. The summed E-state index contributed by atoms with van der Waals surface area (Å²) in [5.41, 5.74) is 2.20. The second-order valence-electron chi connectivity index (χ2n) is 5.92. The number of nitrogens with zero attached hydrogens (tertiary/aromatic N) is 4. The van der Waals surface area contributed by atoms with Gasteiger partial charge in [-0.25, -0.2) is 8.78 Å². The number of hydrogen-bond donors (Lipinski definition) is 1. The fourth-order valence-corrected chi connectivity index (χ4v) is 2.54. The van der Waals surface area contributed by atoms with Gasteiger partial charge in [0.1, 0.15) is 12.2 Å². The first-order valence-corrected chi connectivity index (χ1v) is 7.55. The van der Waals surface area contributed by atoms with Gasteiger partial charge in [0, 0.05) is 31.3 Å². The van der Waals surface area contributed by atoms with Crippen molar-refractivity contribution in [2.75, 3.05) is 0 Å². The highest BCUT2D eigenvalue weighted by Gasteiger charge is 2.29. The molecule has 23 heavy (non-hydrogen) atoms. The number of aryl methyl sites for hydroxylation is 2. The lowest BCUT2D eigenvalue weighted by atomic mass is 10.2. The van der Waals surface area contributed by atoms with E-state index < -0.39 is 6.43 Å². The van der Waals surface area contributed by atoms with Gasteiger partial charge in [-0.1, -0.05) is 0 Å². The molecule has 1 N–H and O–H groups in total. The fraction of sp³-hybridized carbons (Fsp3) is 0.533. The van der Waals surface area contributed by atoms with Crippen LogP contribution in [0.25, 0.3) is 0 Å². The summed E-state index contributed by atoms with van der Waals surface area (Å²) in [4.78, 5) is 12.0. The highest BCUT2D eigenvalue weighted by atomic mass is 19.3. The number of carbonyl (C=O) groups excluding carboxylic acids is 1. The van der Waals surface area contributed by atoms with E-state index in [1.807, 2.05) is 13.1 Å². The maximum atomic E-state index is 13.1. The van der Waals surface area contributed by atoms with Crippen LogP contribution in [-0.4, -0.2) is 25.5 Å². The highest BCUT2D eigenvalue weighted by Crippen LogP contribution is 2.40. The molecule has 2 aromatic heterocycles. The SMILES string of the molecule is Cc1nn(C)cc1CNC(=O)Cn1nc(C2CC2)cc1C(F)F. The molecule has 0 aliphatic heterocycles. The molecular formula is C15H19F2N5O. The van der Waals surface area contributed by atoms with Crippen LogP contribution in [0.5, 0.6) is 0 Å². The molecule has 1 aliphatic rings. The molecule has 6 nitrogen and oxygen atoms in total. The quantitative estimate of drug-likeness (QED) is 0.885. The third-order valence-corrected chi connectivity index (χ3v) is 3.93. The summed E-state index contributed by atoms with van der Waals surface area (Å²) in [7, 11) is 1.80. The van der Waals surface area contributed by atoms with Gasteiger partial charge in [-0.15, -0.1) is 0 Å². The molecule has 0 aromatic carbocycles. The summed E-state index contributed by atoms with van der Waals surface area (Å²) in [6.07, 6.45) is 1.14. The molecule has 1 saturated carbocycles. The second kappa shape index (κ2) is 6.10. The Balaban J connectivity index is 1.64. The molecule has 0 radical (unpaired) electrons. The number of halogens is 2. The van der Waals surface area contributed by atoms with Gasteiger partial charge in [0.15, 0.2) is 0 Å². The molecule has 0 unspecified atom stereocenters. The van der Waals surface area contributed by atoms with E-state index in [4.69, 9.17) is 0 Å². The van der Waals surface area contributed by atoms with Crippen molar-refractivity contribution in [1.29, 1.82) is 0 Å². The zero-order valence-electron chi connectivity index (χ0n) is 13.1. The Hall–Kier alpha value is -2.25. The van der Waals surface area contributed by atoms with Crippen molar-refractivity contribution in [3.63, 3.8) is 0 Å². The number of rotatable bonds is 6. The van der Waals surface area contributed by atoms with Gasteiger partial charge in [0.2, 0.25) is 5.91 Å². The number of aromatic nitrogens is 4. The predicted molar refractivity (Wildman–Crippen MR) is 79.0 cm³/mol. The Morgan fingerprint density at radius 3 is 2.74 bits per heavy atom. The molecule has 3 rings (SSSR count). The molecule has 1 fully saturated rings. The van der Waals surface area contributed by atoms with Crippen molar-refractivity contribution in [2.24, 2.45) is 7.05 Å². The minimum atomic E-state index is -2.64. The van der Waals surface area contributed by atoms with E-state index in [0.717, 1.165) is 28.8 Å². The summed E-state index contributed by atoms with van der Waals surface area (Å²) in [5, 5.41) is 11.1. The average Bonchev–Trinajstić information content (AvgIpc) is 3.16. The van der Waals surface area contributed by atoms with Gasteiger partial charge < -0.3 is 5.32 Å². The highest BCUT2D eigenvalue weighted by molar-refractivity contribution is 5.75. The van der Waals surface area contributed by atoms with Gasteiger partial charge in [0.05, 0.1) is 11.4 Å². The maximum absolute atomic E-state index is 13.1. The Morgan fingerprint density at radius 1 is 1.43 bits per heavy atom. The molecule has 124 valence electrons. The molecule has 0 spiro atoms. The van der Waals surface area contributed by atoms with E-state index in [-0.39, 0.29) is 24.1 Å². The van der Waals surface area contributed by atoms with Crippen molar-refractivity contribution in [3.05, 3.63) is 34.9 Å². The number of nitrogens with one attached hydrogen (secondary N) is 1. The van der Waals surface area contributed by atoms with E-state index in [1.54, 1.807) is 11.7 Å². The van der Waals surface area contributed by atoms with Crippen molar-refractivity contribution in [1.82, 2.24) is 24.9 Å². The summed E-state index contributed by atoms with van der Waals surface area (Å²) >= 11 is 0. The third-order valence-electron chi connectivity index (χ3n) is 3.93. The van der Waals surface area contributed by atoms with Crippen LogP contribution in [-0.2, 0) is 24.9 Å². The second-order valence-corrected chi connectivity index (χ2v) is 5.92. The van der Waals surface area contributed by atoms with Gasteiger partial charge in [-0.05, 0) is 25.8 Å². The molecule has 0 bridgehead atoms. The van der Waals surface area contributed by atoms with Gasteiger partial charge in [-0.3, -0.25) is 14.2 Å². The van der Waals surface area contributed by atoms with E-state index in [1.165, 1.54) is 6.07 Å². The molecule has 8 heteroatoms. The molecule has 0 saturated heterocycles. The lowest BCUT2D eigenvalue weighted by Gasteiger charge is -2.07. The van der Waals surface area contributed by atoms with E-state index >= 15 is 0 Å². The number of hydrogen-bond acceptors (Lipinski definition) is 3. The molecule has 2 heterocycles. The van der Waals surface area contributed by atoms with Crippen LogP contribution in [0.3, 0.4) is 0 Å². The molecule has 0 atom stereocenters. The Labute approximate surface area is 132 Å². The Kier molecular flexibility index (Phi) is 4.14. The van der Waals surface area contributed by atoms with Crippen LogP contribution >= 0.6 is 0 Å². The zero-order chi connectivity index (χ0) is 16.6. The van der Waals surface area contributed by atoms with Crippen LogP contribution in [0.1, 0.15) is 47.8 Å². The standard InChI is InChI=1S/C15H19F2N5O/c1-9-11(7-21(2)19-9)6-18-14(23)8-22-13(15(16)17)5-12(20-22)10-3-4-10/h5,7,10,15H,3-4,6,8H2,1-2H3,(H,18,23). The summed E-state index contributed by atoms with van der Waals surface area (Å²) in [6, 6.07) is 1.42. The van der Waals surface area contributed by atoms with Crippen LogP contribution in [0, 0.1) is 6.92 Å². The zero-order valence-corrected chi connectivity index (χ0v) is 13.1. The topological polar surface area (TPSA) is 64.7 Å². The first kappa shape index (κ1) is 15.6. The molecule has 1 aliphatic carbocycles. The lowest BCUT2D eigenvalue weighted by Crippen LogP contribution is -2.28. The van der Waals surface area contributed by atoms with Crippen molar-refractivity contribution >= 4 is 5.91 Å². The van der Waals surface area contributed by atoms with Crippen LogP contribution in [0.4, 0.5) is 8.78 Å². The van der Waals surface area contributed by atoms with Crippen molar-refractivity contribution in [3.8, 4) is 0 Å².